The number of hydrogen-bond donors (Lipinski definition) is 0. The molecule has 0 spiro atoms. The minimum atomic E-state index is -0.392. The van der Waals surface area contributed by atoms with Gasteiger partial charge in [-0.25, -0.2) is 0 Å². The third-order valence-corrected chi connectivity index (χ3v) is 4.54. The van der Waals surface area contributed by atoms with Crippen LogP contribution in [-0.2, 0) is 6.42 Å². The number of nitrogens with zero attached hydrogens (tertiary/aromatic N) is 1. The number of piperidine rings is 1. The fourth-order valence-electron chi connectivity index (χ4n) is 3.26. The summed E-state index contributed by atoms with van der Waals surface area (Å²) in [6, 6.07) is 8.22. The second-order valence-electron chi connectivity index (χ2n) is 7.23. The van der Waals surface area contributed by atoms with Gasteiger partial charge in [0.2, 0.25) is 0 Å². The van der Waals surface area contributed by atoms with Crippen molar-refractivity contribution in [1.29, 1.82) is 0 Å². The first-order valence-electron chi connectivity index (χ1n) is 8.30. The highest BCUT2D eigenvalue weighted by molar-refractivity contribution is 6.02. The van der Waals surface area contributed by atoms with Gasteiger partial charge in [0, 0.05) is 5.56 Å². The first-order chi connectivity index (χ1) is 9.91. The number of likely N-dealkylation sites (tertiary alicyclic amines) is 1. The van der Waals surface area contributed by atoms with Crippen molar-refractivity contribution >= 4 is 5.78 Å². The molecule has 0 atom stereocenters. The molecule has 116 valence electrons. The first-order valence-corrected chi connectivity index (χ1v) is 8.30. The average molecular weight is 287 g/mol. The van der Waals surface area contributed by atoms with Crippen LogP contribution in [0.4, 0.5) is 0 Å². The fourth-order valence-corrected chi connectivity index (χ4v) is 3.26. The van der Waals surface area contributed by atoms with Gasteiger partial charge in [0.15, 0.2) is 5.78 Å². The molecule has 0 N–H and O–H groups in total. The van der Waals surface area contributed by atoms with E-state index in [4.69, 9.17) is 0 Å². The SMILES string of the molecule is CC(C)Cc1cccc(C(=O)C(C)(C)N2CCCCC2)c1. The molecular weight excluding hydrogens is 258 g/mol. The van der Waals surface area contributed by atoms with E-state index in [1.807, 2.05) is 12.1 Å². The summed E-state index contributed by atoms with van der Waals surface area (Å²) < 4.78 is 0. The van der Waals surface area contributed by atoms with Gasteiger partial charge in [0.25, 0.3) is 0 Å². The highest BCUT2D eigenvalue weighted by Crippen LogP contribution is 2.25. The summed E-state index contributed by atoms with van der Waals surface area (Å²) >= 11 is 0. The Morgan fingerprint density at radius 2 is 1.86 bits per heavy atom. The highest BCUT2D eigenvalue weighted by Gasteiger charge is 2.35. The molecule has 0 radical (unpaired) electrons. The van der Waals surface area contributed by atoms with Gasteiger partial charge in [-0.05, 0) is 63.7 Å². The zero-order valence-electron chi connectivity index (χ0n) is 14.0. The molecule has 0 aliphatic carbocycles. The van der Waals surface area contributed by atoms with Gasteiger partial charge < -0.3 is 0 Å². The maximum atomic E-state index is 13.0. The first kappa shape index (κ1) is 16.2. The van der Waals surface area contributed by atoms with E-state index in [0.29, 0.717) is 5.92 Å². The van der Waals surface area contributed by atoms with Gasteiger partial charge >= 0.3 is 0 Å². The second kappa shape index (κ2) is 6.74. The van der Waals surface area contributed by atoms with Crippen molar-refractivity contribution in [3.05, 3.63) is 35.4 Å². The molecule has 0 unspecified atom stereocenters. The number of Topliss-reactive ketones (excluding diaryl/α,β-unsaturated/α-hetero) is 1. The lowest BCUT2D eigenvalue weighted by atomic mass is 9.88. The summed E-state index contributed by atoms with van der Waals surface area (Å²) in [5.41, 5.74) is 1.74. The lowest BCUT2D eigenvalue weighted by Crippen LogP contribution is -2.52. The van der Waals surface area contributed by atoms with Crippen molar-refractivity contribution in [3.63, 3.8) is 0 Å². The average Bonchev–Trinajstić information content (AvgIpc) is 2.47. The van der Waals surface area contributed by atoms with Gasteiger partial charge in [0.1, 0.15) is 0 Å². The Morgan fingerprint density at radius 3 is 2.48 bits per heavy atom. The third kappa shape index (κ3) is 3.94. The van der Waals surface area contributed by atoms with Crippen molar-refractivity contribution in [2.24, 2.45) is 5.92 Å². The minimum Gasteiger partial charge on any atom is -0.292 e. The Labute approximate surface area is 129 Å². The van der Waals surface area contributed by atoms with Gasteiger partial charge in [-0.2, -0.15) is 0 Å². The van der Waals surface area contributed by atoms with Gasteiger partial charge in [0.05, 0.1) is 5.54 Å². The van der Waals surface area contributed by atoms with Crippen molar-refractivity contribution in [3.8, 4) is 0 Å². The third-order valence-electron chi connectivity index (χ3n) is 4.54. The summed E-state index contributed by atoms with van der Waals surface area (Å²) in [7, 11) is 0. The van der Waals surface area contributed by atoms with Crippen LogP contribution in [0.1, 0.15) is 62.9 Å². The molecule has 1 heterocycles. The molecule has 21 heavy (non-hydrogen) atoms. The van der Waals surface area contributed by atoms with Crippen LogP contribution < -0.4 is 0 Å². The van der Waals surface area contributed by atoms with Crippen LogP contribution >= 0.6 is 0 Å². The molecule has 2 heteroatoms. The van der Waals surface area contributed by atoms with Gasteiger partial charge in [-0.15, -0.1) is 0 Å². The number of rotatable bonds is 5. The summed E-state index contributed by atoms with van der Waals surface area (Å²) in [6.45, 7) is 10.7. The molecule has 0 bridgehead atoms. The smallest absolute Gasteiger partial charge is 0.182 e. The Hall–Kier alpha value is -1.15. The molecule has 1 aliphatic rings. The molecule has 2 nitrogen and oxygen atoms in total. The Morgan fingerprint density at radius 1 is 1.19 bits per heavy atom. The van der Waals surface area contributed by atoms with Crippen LogP contribution in [-0.4, -0.2) is 29.3 Å². The number of hydrogen-bond acceptors (Lipinski definition) is 2. The monoisotopic (exact) mass is 287 g/mol. The van der Waals surface area contributed by atoms with Crippen molar-refractivity contribution < 1.29 is 4.79 Å². The zero-order valence-corrected chi connectivity index (χ0v) is 14.0. The maximum Gasteiger partial charge on any atom is 0.182 e. The van der Waals surface area contributed by atoms with E-state index < -0.39 is 5.54 Å². The van der Waals surface area contributed by atoms with E-state index in [9.17, 15) is 4.79 Å². The molecule has 0 aromatic heterocycles. The molecular formula is C19H29NO. The van der Waals surface area contributed by atoms with Crippen LogP contribution in [0.2, 0.25) is 0 Å². The molecule has 0 saturated carbocycles. The lowest BCUT2D eigenvalue weighted by Gasteiger charge is -2.39. The van der Waals surface area contributed by atoms with Crippen molar-refractivity contribution in [2.45, 2.75) is 58.9 Å². The number of benzene rings is 1. The van der Waals surface area contributed by atoms with Gasteiger partial charge in [-0.3, -0.25) is 9.69 Å². The zero-order chi connectivity index (χ0) is 15.5. The fraction of sp³-hybridized carbons (Fsp3) is 0.632. The Kier molecular flexibility index (Phi) is 5.21. The van der Waals surface area contributed by atoms with Crippen molar-refractivity contribution in [1.82, 2.24) is 4.90 Å². The number of carbonyl (C=O) groups is 1. The number of carbonyl (C=O) groups excluding carboxylic acids is 1. The quantitative estimate of drug-likeness (QED) is 0.751. The molecule has 1 fully saturated rings. The summed E-state index contributed by atoms with van der Waals surface area (Å²) in [4.78, 5) is 15.3. The van der Waals surface area contributed by atoms with Crippen LogP contribution in [0, 0.1) is 5.92 Å². The molecule has 1 aromatic carbocycles. The molecule has 1 aromatic rings. The van der Waals surface area contributed by atoms with E-state index in [2.05, 4.69) is 44.7 Å². The Balaban J connectivity index is 2.17. The normalized spacial score (nSPS) is 17.2. The van der Waals surface area contributed by atoms with E-state index in [1.165, 1.54) is 24.8 Å². The van der Waals surface area contributed by atoms with Gasteiger partial charge in [-0.1, -0.05) is 38.5 Å². The van der Waals surface area contributed by atoms with Crippen LogP contribution in [0.3, 0.4) is 0 Å². The molecule has 2 rings (SSSR count). The standard InChI is InChI=1S/C19H29NO/c1-15(2)13-16-9-8-10-17(14-16)18(21)19(3,4)20-11-6-5-7-12-20/h8-10,14-15H,5-7,11-13H2,1-4H3. The van der Waals surface area contributed by atoms with E-state index in [1.54, 1.807) is 0 Å². The van der Waals surface area contributed by atoms with Crippen LogP contribution in [0.25, 0.3) is 0 Å². The second-order valence-corrected chi connectivity index (χ2v) is 7.23. The van der Waals surface area contributed by atoms with Crippen LogP contribution in [0.15, 0.2) is 24.3 Å². The van der Waals surface area contributed by atoms with E-state index in [0.717, 1.165) is 25.1 Å². The minimum absolute atomic E-state index is 0.259. The van der Waals surface area contributed by atoms with E-state index in [-0.39, 0.29) is 5.78 Å². The largest absolute Gasteiger partial charge is 0.292 e. The summed E-state index contributed by atoms with van der Waals surface area (Å²) in [5, 5.41) is 0. The van der Waals surface area contributed by atoms with Crippen molar-refractivity contribution in [2.75, 3.05) is 13.1 Å². The summed E-state index contributed by atoms with van der Waals surface area (Å²) in [5.74, 6) is 0.875. The number of ketones is 1. The molecule has 1 aliphatic heterocycles. The van der Waals surface area contributed by atoms with Crippen LogP contribution in [0.5, 0.6) is 0 Å². The molecule has 0 amide bonds. The molecule has 1 saturated heterocycles. The van der Waals surface area contributed by atoms with E-state index >= 15 is 0 Å². The summed E-state index contributed by atoms with van der Waals surface area (Å²) in [6.07, 6.45) is 4.75. The Bertz CT molecular complexity index is 484. The maximum absolute atomic E-state index is 13.0. The topological polar surface area (TPSA) is 20.3 Å². The predicted molar refractivity (Wildman–Crippen MR) is 88.8 cm³/mol. The highest BCUT2D eigenvalue weighted by atomic mass is 16.1. The lowest BCUT2D eigenvalue weighted by molar-refractivity contribution is 0.0579. The predicted octanol–water partition coefficient (Wildman–Crippen LogP) is 4.33.